The number of hydrogen-bond donors (Lipinski definition) is 0. The molecule has 0 saturated heterocycles. The summed E-state index contributed by atoms with van der Waals surface area (Å²) in [5.74, 6) is 2.19. The second-order valence-corrected chi connectivity index (χ2v) is 40.1. The van der Waals surface area contributed by atoms with E-state index in [-0.39, 0.29) is 5.41 Å². The molecule has 0 radical (unpaired) electrons. The third-order valence-electron chi connectivity index (χ3n) is 27.6. The molecule has 0 fully saturated rings. The summed E-state index contributed by atoms with van der Waals surface area (Å²) in [6.07, 6.45) is 0. The molecule has 137 heavy (non-hydrogen) atoms. The summed E-state index contributed by atoms with van der Waals surface area (Å²) in [5.41, 5.74) is 29.7. The third kappa shape index (κ3) is 12.6. The lowest BCUT2D eigenvalue weighted by Gasteiger charge is -2.21. The largest absolute Gasteiger partial charge is 0.456 e. The van der Waals surface area contributed by atoms with Gasteiger partial charge in [0.1, 0.15) is 11.2 Å². The minimum Gasteiger partial charge on any atom is -0.456 e. The minimum atomic E-state index is -0.0659. The van der Waals surface area contributed by atoms with Crippen LogP contribution in [0, 0.1) is 0 Å². The van der Waals surface area contributed by atoms with Gasteiger partial charge < -0.3 is 18.1 Å². The number of furan rings is 1. The van der Waals surface area contributed by atoms with Crippen LogP contribution in [0.25, 0.3) is 265 Å². The Morgan fingerprint density at radius 3 is 1.09 bits per heavy atom. The quantitative estimate of drug-likeness (QED) is 0.142. The van der Waals surface area contributed by atoms with Crippen molar-refractivity contribution < 1.29 is 4.42 Å². The number of para-hydroxylation sites is 4. The van der Waals surface area contributed by atoms with E-state index in [1.165, 1.54) is 122 Å². The summed E-state index contributed by atoms with van der Waals surface area (Å²) in [6.45, 7) is 4.70. The van der Waals surface area contributed by atoms with Crippen LogP contribution >= 0.6 is 45.3 Å². The van der Waals surface area contributed by atoms with Crippen LogP contribution in [-0.4, -0.2) is 43.6 Å². The van der Waals surface area contributed by atoms with Gasteiger partial charge in [0, 0.05) is 155 Å². The maximum atomic E-state index is 6.33. The summed E-state index contributed by atoms with van der Waals surface area (Å²) >= 11 is 7.15. The van der Waals surface area contributed by atoms with Crippen LogP contribution in [-0.2, 0) is 5.41 Å². The van der Waals surface area contributed by atoms with Crippen LogP contribution in [0.2, 0.25) is 0 Å². The zero-order valence-electron chi connectivity index (χ0n) is 73.9. The van der Waals surface area contributed by atoms with E-state index in [0.717, 1.165) is 148 Å². The Balaban J connectivity index is 0.000000102. The van der Waals surface area contributed by atoms with Gasteiger partial charge in [-0.05, 0) is 150 Å². The molecule has 10 nitrogen and oxygen atoms in total. The predicted octanol–water partition coefficient (Wildman–Crippen LogP) is 34.4. The first-order chi connectivity index (χ1) is 67.7. The third-order valence-corrected chi connectivity index (χ3v) is 32.3. The fourth-order valence-electron chi connectivity index (χ4n) is 21.2. The standard InChI is InChI=1S/C43H29N3S.C40H23N3OS.C40H23N3S2/c1-43(2)34-17-9-6-14-29(34)32-24-33-30-15-7-10-18-36(30)46(37(33)25-35(32)43)28-22-20-27(21-23-28)42-44-39(26-12-4-3-5-13-26)41-40(45-42)31-16-8-11-19-38(31)47-41;1-2-11-24(12-3-1)37-39-38(29-17-6-9-20-36(29)45-39)42-40(41-37)25-13-10-14-26(21-25)43-32-18-7-4-15-27(32)30-22-31-28-16-5-8-19-34(28)44-35(31)23-33(30)43;1-2-11-24(12-3-1)37-39-38(29-17-6-9-20-35(29)45-39)42-40(41-37)25-13-10-14-26(21-25)43-32-18-7-4-15-27(32)30-22-31-28-16-5-8-19-34(28)44-36(31)23-33(30)43/h3-25H,1-2H3;2*1-23H. The van der Waals surface area contributed by atoms with Gasteiger partial charge in [0.25, 0.3) is 0 Å². The van der Waals surface area contributed by atoms with Gasteiger partial charge in [0.2, 0.25) is 0 Å². The second kappa shape index (κ2) is 31.2. The van der Waals surface area contributed by atoms with Gasteiger partial charge in [-0.3, -0.25) is 0 Å². The fourth-order valence-corrected chi connectivity index (χ4v) is 25.8. The Labute approximate surface area is 800 Å². The summed E-state index contributed by atoms with van der Waals surface area (Å²) < 4.78 is 23.1. The molecule has 0 atom stereocenters. The van der Waals surface area contributed by atoms with Crippen molar-refractivity contribution in [3.8, 4) is 96.1 Å². The number of fused-ring (bicyclic) bond motifs is 27. The average molecular weight is 1820 g/mol. The number of aromatic nitrogens is 9. The predicted molar refractivity (Wildman–Crippen MR) is 578 cm³/mol. The first-order valence-electron chi connectivity index (χ1n) is 46.1. The Morgan fingerprint density at radius 1 is 0.212 bits per heavy atom. The minimum absolute atomic E-state index is 0.0659. The van der Waals surface area contributed by atoms with E-state index in [1.807, 2.05) is 29.5 Å². The Bertz CT molecular complexity index is 9670. The summed E-state index contributed by atoms with van der Waals surface area (Å²) in [5, 5.41) is 15.9. The molecule has 29 aromatic rings. The van der Waals surface area contributed by atoms with Crippen LogP contribution in [0.3, 0.4) is 0 Å². The first kappa shape index (κ1) is 78.9. The van der Waals surface area contributed by atoms with E-state index in [0.29, 0.717) is 5.82 Å². The number of benzene rings is 18. The van der Waals surface area contributed by atoms with Gasteiger partial charge >= 0.3 is 0 Å². The number of nitrogens with zero attached hydrogens (tertiary/aromatic N) is 9. The highest BCUT2D eigenvalue weighted by Gasteiger charge is 2.37. The molecule has 0 N–H and O–H groups in total. The summed E-state index contributed by atoms with van der Waals surface area (Å²) in [6, 6.07) is 149. The molecule has 11 heterocycles. The monoisotopic (exact) mass is 1820 g/mol. The maximum absolute atomic E-state index is 6.33. The van der Waals surface area contributed by atoms with Gasteiger partial charge in [-0.1, -0.05) is 299 Å². The molecular weight excluding hydrogens is 1750 g/mol. The van der Waals surface area contributed by atoms with Crippen molar-refractivity contribution in [3.63, 3.8) is 0 Å². The van der Waals surface area contributed by atoms with E-state index in [1.54, 1.807) is 34.0 Å². The van der Waals surface area contributed by atoms with E-state index in [2.05, 4.69) is 428 Å². The van der Waals surface area contributed by atoms with E-state index < -0.39 is 0 Å². The van der Waals surface area contributed by atoms with Crippen LogP contribution in [0.4, 0.5) is 0 Å². The molecule has 18 aromatic carbocycles. The molecule has 0 spiro atoms. The van der Waals surface area contributed by atoms with Crippen molar-refractivity contribution in [1.82, 2.24) is 43.6 Å². The number of hydrogen-bond acceptors (Lipinski definition) is 11. The maximum Gasteiger partial charge on any atom is 0.160 e. The fraction of sp³-hybridized carbons (Fsp3) is 0.0244. The molecule has 0 aliphatic heterocycles. The normalized spacial score (nSPS) is 12.5. The molecule has 1 aliphatic rings. The highest BCUT2D eigenvalue weighted by molar-refractivity contribution is 7.27. The molecule has 642 valence electrons. The Morgan fingerprint density at radius 2 is 0.591 bits per heavy atom. The molecule has 1 aliphatic carbocycles. The first-order valence-corrected chi connectivity index (χ1v) is 49.4. The zero-order chi connectivity index (χ0) is 90.2. The number of thiophene rings is 4. The molecule has 0 unspecified atom stereocenters. The SMILES string of the molecule is CC1(C)c2ccccc2-c2cc3c4ccccc4n(-c4ccc(-c5nc(-c6ccccc6)c6sc7ccccc7c6n5)cc4)c3cc21.c1ccc(-c2nc(-c3cccc(-n4c5ccccc5c5cc6c(cc54)oc4ccccc46)c3)nc3c2sc2ccccc23)cc1.c1ccc(-c2nc(-c3cccc(-n4c5ccccc5c5cc6c(cc54)sc4ccccc46)c3)nc3c2sc2ccccc23)cc1. The lowest BCUT2D eigenvalue weighted by Crippen LogP contribution is -2.14. The van der Waals surface area contributed by atoms with Crippen LogP contribution in [0.1, 0.15) is 25.0 Å². The zero-order valence-corrected chi connectivity index (χ0v) is 77.2. The molecular formula is C123H75N9OS4. The van der Waals surface area contributed by atoms with Gasteiger partial charge in [-0.25, -0.2) is 29.9 Å². The Hall–Kier alpha value is -16.7. The molecule has 11 aromatic heterocycles. The van der Waals surface area contributed by atoms with Crippen molar-refractivity contribution in [2.75, 3.05) is 0 Å². The highest BCUT2D eigenvalue weighted by atomic mass is 32.1. The Kier molecular flexibility index (Phi) is 18.0. The molecule has 30 rings (SSSR count). The topological polar surface area (TPSA) is 105 Å². The van der Waals surface area contributed by atoms with Crippen molar-refractivity contribution >= 4 is 214 Å². The lowest BCUT2D eigenvalue weighted by molar-refractivity contribution is 0.661. The molecule has 0 amide bonds. The second-order valence-electron chi connectivity index (χ2n) is 35.8. The highest BCUT2D eigenvalue weighted by Crippen LogP contribution is 2.53. The van der Waals surface area contributed by atoms with Gasteiger partial charge in [0.15, 0.2) is 17.5 Å². The molecule has 14 heteroatoms. The lowest BCUT2D eigenvalue weighted by atomic mass is 9.82. The van der Waals surface area contributed by atoms with Gasteiger partial charge in [0.05, 0.1) is 80.8 Å². The van der Waals surface area contributed by atoms with Crippen molar-refractivity contribution in [2.45, 2.75) is 19.3 Å². The smallest absolute Gasteiger partial charge is 0.160 e. The summed E-state index contributed by atoms with van der Waals surface area (Å²) in [4.78, 5) is 31.3. The van der Waals surface area contributed by atoms with Crippen molar-refractivity contribution in [2.24, 2.45) is 0 Å². The van der Waals surface area contributed by atoms with Crippen LogP contribution in [0.5, 0.6) is 0 Å². The molecule has 0 bridgehead atoms. The van der Waals surface area contributed by atoms with Crippen molar-refractivity contribution in [1.29, 1.82) is 0 Å². The molecule has 0 saturated carbocycles. The van der Waals surface area contributed by atoms with E-state index >= 15 is 0 Å². The van der Waals surface area contributed by atoms with Crippen LogP contribution in [0.15, 0.2) is 423 Å². The van der Waals surface area contributed by atoms with Gasteiger partial charge in [-0.2, -0.15) is 0 Å². The van der Waals surface area contributed by atoms with Gasteiger partial charge in [-0.15, -0.1) is 45.3 Å². The van der Waals surface area contributed by atoms with Crippen molar-refractivity contribution in [3.05, 3.63) is 430 Å². The van der Waals surface area contributed by atoms with Crippen LogP contribution < -0.4 is 0 Å². The average Bonchev–Trinajstić information content (AvgIpc) is 1.55. The van der Waals surface area contributed by atoms with E-state index in [9.17, 15) is 0 Å². The van der Waals surface area contributed by atoms with E-state index in [4.69, 9.17) is 34.3 Å². The summed E-state index contributed by atoms with van der Waals surface area (Å²) in [7, 11) is 0. The number of rotatable bonds is 9.